The number of benzene rings is 1. The predicted molar refractivity (Wildman–Crippen MR) is 96.9 cm³/mol. The number of carbonyl (C=O) groups is 1. The molecule has 2 aromatic heterocycles. The highest BCUT2D eigenvalue weighted by molar-refractivity contribution is 7.16. The molecule has 0 saturated heterocycles. The molecule has 0 spiro atoms. The van der Waals surface area contributed by atoms with Crippen LogP contribution < -0.4 is 4.80 Å². The average molecular weight is 359 g/mol. The first-order chi connectivity index (χ1) is 12.0. The van der Waals surface area contributed by atoms with Crippen LogP contribution in [-0.4, -0.2) is 28.8 Å². The van der Waals surface area contributed by atoms with Gasteiger partial charge in [0.15, 0.2) is 10.5 Å². The zero-order chi connectivity index (χ0) is 18.0. The van der Waals surface area contributed by atoms with E-state index in [2.05, 4.69) is 36.1 Å². The first-order valence-corrected chi connectivity index (χ1v) is 9.02. The molecule has 0 aliphatic heterocycles. The van der Waals surface area contributed by atoms with E-state index >= 15 is 0 Å². The fourth-order valence-corrected chi connectivity index (χ4v) is 3.67. The van der Waals surface area contributed by atoms with Crippen LogP contribution in [0.25, 0.3) is 10.2 Å². The van der Waals surface area contributed by atoms with E-state index in [-0.39, 0.29) is 5.69 Å². The second-order valence-electron chi connectivity index (χ2n) is 5.88. The minimum atomic E-state index is -0.401. The van der Waals surface area contributed by atoms with Crippen molar-refractivity contribution in [2.75, 3.05) is 13.2 Å². The smallest absolute Gasteiger partial charge is 0.301 e. The van der Waals surface area contributed by atoms with Crippen LogP contribution in [0.4, 0.5) is 0 Å². The molecule has 7 heteroatoms. The second kappa shape index (κ2) is 7.33. The normalized spacial score (nSPS) is 12.2. The zero-order valence-corrected chi connectivity index (χ0v) is 15.6. The highest BCUT2D eigenvalue weighted by atomic mass is 32.1. The third kappa shape index (κ3) is 3.72. The quantitative estimate of drug-likeness (QED) is 0.655. The van der Waals surface area contributed by atoms with Crippen molar-refractivity contribution in [1.82, 2.24) is 9.72 Å². The minimum Gasteiger partial charge on any atom is -0.380 e. The van der Waals surface area contributed by atoms with Gasteiger partial charge in [-0.05, 0) is 51.0 Å². The number of aromatic nitrogens is 2. The van der Waals surface area contributed by atoms with E-state index < -0.39 is 5.91 Å². The summed E-state index contributed by atoms with van der Waals surface area (Å²) in [6, 6.07) is 5.87. The standard InChI is InChI=1S/C18H21N3O3S/c1-5-23-7-6-21-15-8-11(2)12(3)9-16(15)25-18(21)19-17(22)14-10-13(4)24-20-14/h8-10H,5-7H2,1-4H3. The molecule has 0 N–H and O–H groups in total. The Kier molecular flexibility index (Phi) is 5.15. The average Bonchev–Trinajstić information content (AvgIpc) is 3.13. The Morgan fingerprint density at radius 3 is 2.72 bits per heavy atom. The summed E-state index contributed by atoms with van der Waals surface area (Å²) in [4.78, 5) is 17.3. The molecule has 0 aliphatic rings. The summed E-state index contributed by atoms with van der Waals surface area (Å²) in [6.45, 7) is 9.74. The van der Waals surface area contributed by atoms with Gasteiger partial charge in [-0.25, -0.2) is 0 Å². The molecule has 0 bridgehead atoms. The van der Waals surface area contributed by atoms with Crippen LogP contribution in [-0.2, 0) is 11.3 Å². The zero-order valence-electron chi connectivity index (χ0n) is 14.8. The van der Waals surface area contributed by atoms with Gasteiger partial charge in [-0.15, -0.1) is 0 Å². The highest BCUT2D eigenvalue weighted by Crippen LogP contribution is 2.22. The highest BCUT2D eigenvalue weighted by Gasteiger charge is 2.13. The molecule has 3 aromatic rings. The Bertz CT molecular complexity index is 981. The molecule has 1 amide bonds. The lowest BCUT2D eigenvalue weighted by molar-refractivity contribution is 0.0988. The molecule has 0 atom stereocenters. The number of ether oxygens (including phenoxy) is 1. The number of rotatable bonds is 5. The van der Waals surface area contributed by atoms with Crippen LogP contribution >= 0.6 is 11.3 Å². The van der Waals surface area contributed by atoms with Gasteiger partial charge in [0, 0.05) is 19.2 Å². The van der Waals surface area contributed by atoms with Gasteiger partial charge in [-0.2, -0.15) is 4.99 Å². The molecule has 0 radical (unpaired) electrons. The first kappa shape index (κ1) is 17.6. The maximum atomic E-state index is 12.4. The van der Waals surface area contributed by atoms with Crippen molar-refractivity contribution in [1.29, 1.82) is 0 Å². The second-order valence-corrected chi connectivity index (χ2v) is 6.89. The van der Waals surface area contributed by atoms with Crippen LogP contribution in [0.5, 0.6) is 0 Å². The van der Waals surface area contributed by atoms with Crippen molar-refractivity contribution >= 4 is 27.5 Å². The lowest BCUT2D eigenvalue weighted by Crippen LogP contribution is -2.20. The Hall–Kier alpha value is -2.25. The lowest BCUT2D eigenvalue weighted by atomic mass is 10.1. The minimum absolute atomic E-state index is 0.221. The van der Waals surface area contributed by atoms with Gasteiger partial charge < -0.3 is 13.8 Å². The molecule has 132 valence electrons. The topological polar surface area (TPSA) is 69.6 Å². The fourth-order valence-electron chi connectivity index (χ4n) is 2.53. The molecule has 1 aromatic carbocycles. The third-order valence-corrected chi connectivity index (χ3v) is 5.05. The summed E-state index contributed by atoms with van der Waals surface area (Å²) >= 11 is 1.50. The summed E-state index contributed by atoms with van der Waals surface area (Å²) in [5.74, 6) is 0.187. The van der Waals surface area contributed by atoms with Gasteiger partial charge in [-0.1, -0.05) is 16.5 Å². The Labute approximate surface area is 149 Å². The summed E-state index contributed by atoms with van der Waals surface area (Å²) < 4.78 is 13.6. The molecular formula is C18H21N3O3S. The van der Waals surface area contributed by atoms with Crippen molar-refractivity contribution in [3.8, 4) is 0 Å². The largest absolute Gasteiger partial charge is 0.380 e. The molecule has 0 unspecified atom stereocenters. The number of aryl methyl sites for hydroxylation is 3. The Balaban J connectivity index is 2.10. The van der Waals surface area contributed by atoms with E-state index in [1.807, 2.05) is 11.5 Å². The van der Waals surface area contributed by atoms with Crippen LogP contribution in [0.3, 0.4) is 0 Å². The summed E-state index contributed by atoms with van der Waals surface area (Å²) in [7, 11) is 0. The Morgan fingerprint density at radius 1 is 1.28 bits per heavy atom. The number of fused-ring (bicyclic) bond motifs is 1. The number of hydrogen-bond acceptors (Lipinski definition) is 5. The number of carbonyl (C=O) groups excluding carboxylic acids is 1. The van der Waals surface area contributed by atoms with Crippen molar-refractivity contribution < 1.29 is 14.1 Å². The Morgan fingerprint density at radius 2 is 2.04 bits per heavy atom. The molecule has 25 heavy (non-hydrogen) atoms. The first-order valence-electron chi connectivity index (χ1n) is 8.20. The van der Waals surface area contributed by atoms with Gasteiger partial charge in [0.2, 0.25) is 0 Å². The van der Waals surface area contributed by atoms with Crippen molar-refractivity contribution in [3.05, 3.63) is 45.6 Å². The molecule has 6 nitrogen and oxygen atoms in total. The number of amides is 1. The van der Waals surface area contributed by atoms with E-state index in [1.54, 1.807) is 13.0 Å². The van der Waals surface area contributed by atoms with E-state index in [4.69, 9.17) is 9.26 Å². The van der Waals surface area contributed by atoms with Crippen molar-refractivity contribution in [2.24, 2.45) is 4.99 Å². The van der Waals surface area contributed by atoms with Crippen molar-refractivity contribution in [2.45, 2.75) is 34.2 Å². The number of hydrogen-bond donors (Lipinski definition) is 0. The van der Waals surface area contributed by atoms with Gasteiger partial charge >= 0.3 is 5.91 Å². The van der Waals surface area contributed by atoms with E-state index in [9.17, 15) is 4.79 Å². The monoisotopic (exact) mass is 359 g/mol. The molecular weight excluding hydrogens is 338 g/mol. The van der Waals surface area contributed by atoms with Crippen LogP contribution in [0.15, 0.2) is 27.7 Å². The summed E-state index contributed by atoms with van der Waals surface area (Å²) in [5, 5.41) is 3.75. The molecule has 2 heterocycles. The number of nitrogens with zero attached hydrogens (tertiary/aromatic N) is 3. The van der Waals surface area contributed by atoms with E-state index in [1.165, 1.54) is 22.5 Å². The lowest BCUT2D eigenvalue weighted by Gasteiger charge is -2.07. The van der Waals surface area contributed by atoms with E-state index in [0.717, 1.165) is 10.2 Å². The number of thiazole rings is 1. The maximum absolute atomic E-state index is 12.4. The fraction of sp³-hybridized carbons (Fsp3) is 0.389. The van der Waals surface area contributed by atoms with E-state index in [0.29, 0.717) is 30.3 Å². The van der Waals surface area contributed by atoms with Gasteiger partial charge in [0.1, 0.15) is 5.76 Å². The maximum Gasteiger partial charge on any atom is 0.301 e. The SMILES string of the molecule is CCOCCn1c(=NC(=O)c2cc(C)on2)sc2cc(C)c(C)cc21. The van der Waals surface area contributed by atoms with Gasteiger partial charge in [0.05, 0.1) is 16.8 Å². The van der Waals surface area contributed by atoms with Gasteiger partial charge in [0.25, 0.3) is 0 Å². The summed E-state index contributed by atoms with van der Waals surface area (Å²) in [5.41, 5.74) is 3.71. The molecule has 0 fully saturated rings. The molecule has 0 saturated carbocycles. The van der Waals surface area contributed by atoms with Crippen LogP contribution in [0, 0.1) is 20.8 Å². The summed E-state index contributed by atoms with van der Waals surface area (Å²) in [6.07, 6.45) is 0. The van der Waals surface area contributed by atoms with Crippen LogP contribution in [0.1, 0.15) is 34.3 Å². The molecule has 0 aliphatic carbocycles. The van der Waals surface area contributed by atoms with Crippen LogP contribution in [0.2, 0.25) is 0 Å². The van der Waals surface area contributed by atoms with Crippen molar-refractivity contribution in [3.63, 3.8) is 0 Å². The third-order valence-electron chi connectivity index (χ3n) is 4.01. The van der Waals surface area contributed by atoms with Gasteiger partial charge in [-0.3, -0.25) is 4.79 Å². The predicted octanol–water partition coefficient (Wildman–Crippen LogP) is 3.39. The molecule has 3 rings (SSSR count).